The topological polar surface area (TPSA) is 84.6 Å². The molecule has 1 fully saturated rings. The number of aliphatic hydroxyl groups excluding tert-OH is 1. The molecule has 0 spiro atoms. The SMILES string of the molecule is NCC1CCC(C(=O)Nc2ccc(CCO)cc2)O1. The number of carbonyl (C=O) groups excluding carboxylic acids is 1. The molecule has 4 N–H and O–H groups in total. The molecule has 1 aromatic rings. The molecule has 0 bridgehead atoms. The number of amides is 1. The quantitative estimate of drug-likeness (QED) is 0.729. The van der Waals surface area contributed by atoms with Gasteiger partial charge in [0.1, 0.15) is 6.10 Å². The van der Waals surface area contributed by atoms with Gasteiger partial charge < -0.3 is 20.9 Å². The van der Waals surface area contributed by atoms with Crippen LogP contribution in [0.1, 0.15) is 18.4 Å². The highest BCUT2D eigenvalue weighted by molar-refractivity contribution is 5.94. The number of aliphatic hydroxyl groups is 1. The first-order valence-electron chi connectivity index (χ1n) is 6.59. The third kappa shape index (κ3) is 3.76. The monoisotopic (exact) mass is 264 g/mol. The van der Waals surface area contributed by atoms with Gasteiger partial charge in [0, 0.05) is 18.8 Å². The molecule has 5 nitrogen and oxygen atoms in total. The molecule has 2 atom stereocenters. The van der Waals surface area contributed by atoms with Gasteiger partial charge in [0.25, 0.3) is 5.91 Å². The fourth-order valence-electron chi connectivity index (χ4n) is 2.18. The standard InChI is InChI=1S/C14H20N2O3/c15-9-12-5-6-13(19-12)14(18)16-11-3-1-10(2-4-11)7-8-17/h1-4,12-13,17H,5-9,15H2,(H,16,18). The van der Waals surface area contributed by atoms with Crippen molar-refractivity contribution in [2.24, 2.45) is 5.73 Å². The average molecular weight is 264 g/mol. The first kappa shape index (κ1) is 14.0. The van der Waals surface area contributed by atoms with Crippen LogP contribution in [0.2, 0.25) is 0 Å². The van der Waals surface area contributed by atoms with Gasteiger partial charge in [-0.15, -0.1) is 0 Å². The van der Waals surface area contributed by atoms with E-state index >= 15 is 0 Å². The minimum Gasteiger partial charge on any atom is -0.396 e. The van der Waals surface area contributed by atoms with E-state index in [1.54, 1.807) is 0 Å². The minimum absolute atomic E-state index is 0.00248. The van der Waals surface area contributed by atoms with Crippen LogP contribution in [0.15, 0.2) is 24.3 Å². The lowest BCUT2D eigenvalue weighted by Gasteiger charge is -2.13. The highest BCUT2D eigenvalue weighted by atomic mass is 16.5. The maximum absolute atomic E-state index is 12.0. The van der Waals surface area contributed by atoms with Gasteiger partial charge in [0.05, 0.1) is 6.10 Å². The smallest absolute Gasteiger partial charge is 0.253 e. The van der Waals surface area contributed by atoms with Crippen LogP contribution in [0.4, 0.5) is 5.69 Å². The summed E-state index contributed by atoms with van der Waals surface area (Å²) in [5.41, 5.74) is 7.30. The van der Waals surface area contributed by atoms with Crippen LogP contribution in [0.3, 0.4) is 0 Å². The first-order valence-corrected chi connectivity index (χ1v) is 6.59. The van der Waals surface area contributed by atoms with Crippen molar-refractivity contribution in [3.63, 3.8) is 0 Å². The van der Waals surface area contributed by atoms with Crippen molar-refractivity contribution in [2.75, 3.05) is 18.5 Å². The highest BCUT2D eigenvalue weighted by Crippen LogP contribution is 2.20. The van der Waals surface area contributed by atoms with Crippen molar-refractivity contribution < 1.29 is 14.6 Å². The van der Waals surface area contributed by atoms with Crippen LogP contribution in [0, 0.1) is 0 Å². The van der Waals surface area contributed by atoms with Crippen molar-refractivity contribution in [1.29, 1.82) is 0 Å². The summed E-state index contributed by atoms with van der Waals surface area (Å²) in [5, 5.41) is 11.7. The molecule has 0 radical (unpaired) electrons. The van der Waals surface area contributed by atoms with Crippen molar-refractivity contribution in [1.82, 2.24) is 0 Å². The maximum atomic E-state index is 12.0. The van der Waals surface area contributed by atoms with Crippen molar-refractivity contribution in [2.45, 2.75) is 31.5 Å². The van der Waals surface area contributed by atoms with Crippen LogP contribution < -0.4 is 11.1 Å². The Morgan fingerprint density at radius 1 is 1.37 bits per heavy atom. The number of hydrogen-bond donors (Lipinski definition) is 3. The van der Waals surface area contributed by atoms with Gasteiger partial charge in [-0.2, -0.15) is 0 Å². The fourth-order valence-corrected chi connectivity index (χ4v) is 2.18. The molecule has 1 amide bonds. The molecular weight excluding hydrogens is 244 g/mol. The number of carbonyl (C=O) groups is 1. The predicted octanol–water partition coefficient (Wildman–Crippen LogP) is 0.666. The van der Waals surface area contributed by atoms with E-state index in [9.17, 15) is 4.79 Å². The minimum atomic E-state index is -0.398. The molecule has 1 aliphatic heterocycles. The largest absolute Gasteiger partial charge is 0.396 e. The fraction of sp³-hybridized carbons (Fsp3) is 0.500. The Labute approximate surface area is 112 Å². The molecule has 1 saturated heterocycles. The molecule has 1 heterocycles. The normalized spacial score (nSPS) is 22.4. The second kappa shape index (κ2) is 6.65. The van der Waals surface area contributed by atoms with Crippen molar-refractivity contribution in [3.05, 3.63) is 29.8 Å². The third-order valence-electron chi connectivity index (χ3n) is 3.28. The van der Waals surface area contributed by atoms with Crippen LogP contribution in [0.25, 0.3) is 0 Å². The summed E-state index contributed by atoms with van der Waals surface area (Å²) in [7, 11) is 0. The number of nitrogens with one attached hydrogen (secondary N) is 1. The molecular formula is C14H20N2O3. The van der Waals surface area contributed by atoms with E-state index in [-0.39, 0.29) is 18.6 Å². The lowest BCUT2D eigenvalue weighted by molar-refractivity contribution is -0.126. The first-order chi connectivity index (χ1) is 9.22. The van der Waals surface area contributed by atoms with E-state index in [0.29, 0.717) is 13.0 Å². The summed E-state index contributed by atoms with van der Waals surface area (Å²) in [6, 6.07) is 7.45. The number of nitrogens with two attached hydrogens (primary N) is 1. The molecule has 0 aliphatic carbocycles. The number of rotatable bonds is 5. The second-order valence-electron chi connectivity index (χ2n) is 4.72. The molecule has 2 rings (SSSR count). The molecule has 1 aliphatic rings. The summed E-state index contributed by atoms with van der Waals surface area (Å²) in [5.74, 6) is -0.120. The zero-order valence-corrected chi connectivity index (χ0v) is 10.8. The summed E-state index contributed by atoms with van der Waals surface area (Å²) >= 11 is 0. The zero-order valence-electron chi connectivity index (χ0n) is 10.8. The van der Waals surface area contributed by atoms with E-state index in [2.05, 4.69) is 5.32 Å². The van der Waals surface area contributed by atoms with Crippen molar-refractivity contribution >= 4 is 11.6 Å². The van der Waals surface area contributed by atoms with E-state index in [1.165, 1.54) is 0 Å². The molecule has 2 unspecified atom stereocenters. The van der Waals surface area contributed by atoms with Crippen LogP contribution in [-0.4, -0.2) is 36.4 Å². The van der Waals surface area contributed by atoms with E-state index in [1.807, 2.05) is 24.3 Å². The van der Waals surface area contributed by atoms with Gasteiger partial charge in [-0.25, -0.2) is 0 Å². The maximum Gasteiger partial charge on any atom is 0.253 e. The van der Waals surface area contributed by atoms with E-state index < -0.39 is 6.10 Å². The predicted molar refractivity (Wildman–Crippen MR) is 72.8 cm³/mol. The Morgan fingerprint density at radius 3 is 2.68 bits per heavy atom. The number of hydrogen-bond acceptors (Lipinski definition) is 4. The molecule has 0 aromatic heterocycles. The van der Waals surface area contributed by atoms with Crippen LogP contribution in [0.5, 0.6) is 0 Å². The Bertz CT molecular complexity index is 419. The summed E-state index contributed by atoms with van der Waals surface area (Å²) in [4.78, 5) is 12.0. The van der Waals surface area contributed by atoms with Crippen LogP contribution in [-0.2, 0) is 16.0 Å². The summed E-state index contributed by atoms with van der Waals surface area (Å²) in [6.45, 7) is 0.585. The molecule has 1 aromatic carbocycles. The molecule has 104 valence electrons. The number of benzene rings is 1. The average Bonchev–Trinajstić information content (AvgIpc) is 2.90. The number of ether oxygens (including phenoxy) is 1. The molecule has 5 heteroatoms. The lowest BCUT2D eigenvalue weighted by Crippen LogP contribution is -2.29. The molecule has 19 heavy (non-hydrogen) atoms. The third-order valence-corrected chi connectivity index (χ3v) is 3.28. The highest BCUT2D eigenvalue weighted by Gasteiger charge is 2.29. The second-order valence-corrected chi connectivity index (χ2v) is 4.72. The van der Waals surface area contributed by atoms with Gasteiger partial charge in [-0.05, 0) is 37.0 Å². The molecule has 0 saturated carbocycles. The Hall–Kier alpha value is -1.43. The van der Waals surface area contributed by atoms with E-state index in [4.69, 9.17) is 15.6 Å². The summed E-state index contributed by atoms with van der Waals surface area (Å²) in [6.07, 6.45) is 1.78. The Kier molecular flexibility index (Phi) is 4.90. The van der Waals surface area contributed by atoms with Gasteiger partial charge in [-0.1, -0.05) is 12.1 Å². The van der Waals surface area contributed by atoms with Crippen molar-refractivity contribution in [3.8, 4) is 0 Å². The van der Waals surface area contributed by atoms with Crippen LogP contribution >= 0.6 is 0 Å². The van der Waals surface area contributed by atoms with Gasteiger partial charge in [0.2, 0.25) is 0 Å². The van der Waals surface area contributed by atoms with Gasteiger partial charge in [-0.3, -0.25) is 4.79 Å². The summed E-state index contributed by atoms with van der Waals surface area (Å²) < 4.78 is 5.54. The Morgan fingerprint density at radius 2 is 2.11 bits per heavy atom. The Balaban J connectivity index is 1.88. The zero-order chi connectivity index (χ0) is 13.7. The van der Waals surface area contributed by atoms with Gasteiger partial charge in [0.15, 0.2) is 0 Å². The van der Waals surface area contributed by atoms with E-state index in [0.717, 1.165) is 24.1 Å². The lowest BCUT2D eigenvalue weighted by atomic mass is 10.1. The van der Waals surface area contributed by atoms with Gasteiger partial charge >= 0.3 is 0 Å². The number of anilines is 1.